The first-order valence-electron chi connectivity index (χ1n) is 32.4. The van der Waals surface area contributed by atoms with Crippen LogP contribution in [0, 0.1) is 0 Å². The van der Waals surface area contributed by atoms with Gasteiger partial charge in [0.25, 0.3) is 0 Å². The summed E-state index contributed by atoms with van der Waals surface area (Å²) in [4.78, 5) is 12.6. The smallest absolute Gasteiger partial charge is 0.249 e. The number of aliphatic hydroxyl groups is 4. The van der Waals surface area contributed by atoms with Gasteiger partial charge in [-0.15, -0.1) is 0 Å². The van der Waals surface area contributed by atoms with Crippen molar-refractivity contribution in [3.05, 3.63) is 36.5 Å². The summed E-state index contributed by atoms with van der Waals surface area (Å²) in [5.41, 5.74) is 0. The number of aliphatic hydroxyl groups excluding tert-OH is 4. The van der Waals surface area contributed by atoms with Gasteiger partial charge in [-0.25, -0.2) is 0 Å². The highest BCUT2D eigenvalue weighted by Crippen LogP contribution is 2.19. The maximum Gasteiger partial charge on any atom is 0.249 e. The van der Waals surface area contributed by atoms with Gasteiger partial charge in [0, 0.05) is 0 Å². The molecule has 0 aromatic rings. The molecule has 0 spiro atoms. The van der Waals surface area contributed by atoms with Crippen molar-refractivity contribution in [2.24, 2.45) is 0 Å². The van der Waals surface area contributed by atoms with Crippen LogP contribution >= 0.6 is 0 Å². The van der Waals surface area contributed by atoms with Gasteiger partial charge < -0.3 is 25.7 Å². The van der Waals surface area contributed by atoms with E-state index in [9.17, 15) is 25.2 Å². The Morgan fingerprint density at radius 1 is 0.333 bits per heavy atom. The third-order valence-electron chi connectivity index (χ3n) is 15.3. The fourth-order valence-corrected chi connectivity index (χ4v) is 10.3. The van der Waals surface area contributed by atoms with E-state index in [4.69, 9.17) is 0 Å². The Morgan fingerprint density at radius 2 is 0.583 bits per heavy atom. The van der Waals surface area contributed by atoms with E-state index in [0.717, 1.165) is 51.4 Å². The standard InChI is InChI=1S/C66H127NO5/c1-3-5-7-9-11-13-15-17-19-21-23-25-27-29-31-32-33-34-36-38-40-42-44-46-48-50-52-54-56-58-60-64(70)66(72)67-62(61-68)65(71)63(69)59-57-55-53-51-49-47-45-43-41-39-37-35-30-28-26-24-22-20-18-16-14-12-10-8-6-4-2/h35,37,43,45,51,53,62-65,68-71H,3-34,36,38-42,44,46-50,52,54-61H2,1-2H3,(H,67,72)/b37-35+,45-43+,53-51+. The highest BCUT2D eigenvalue weighted by atomic mass is 16.3. The minimum absolute atomic E-state index is 0.362. The Labute approximate surface area is 449 Å². The quantitative estimate of drug-likeness (QED) is 0.0308. The highest BCUT2D eigenvalue weighted by molar-refractivity contribution is 5.80. The van der Waals surface area contributed by atoms with E-state index in [1.165, 1.54) is 263 Å². The minimum Gasteiger partial charge on any atom is -0.394 e. The van der Waals surface area contributed by atoms with Gasteiger partial charge >= 0.3 is 0 Å². The molecule has 0 aliphatic rings. The molecule has 0 rings (SSSR count). The Morgan fingerprint density at radius 3 is 0.875 bits per heavy atom. The van der Waals surface area contributed by atoms with Gasteiger partial charge in [-0.3, -0.25) is 4.79 Å². The van der Waals surface area contributed by atoms with Crippen LogP contribution in [0.5, 0.6) is 0 Å². The number of unbranched alkanes of at least 4 members (excludes halogenated alkanes) is 45. The van der Waals surface area contributed by atoms with Crippen LogP contribution in [0.4, 0.5) is 0 Å². The van der Waals surface area contributed by atoms with Gasteiger partial charge in [0.15, 0.2) is 0 Å². The lowest BCUT2D eigenvalue weighted by atomic mass is 10.00. The van der Waals surface area contributed by atoms with E-state index in [0.29, 0.717) is 19.3 Å². The minimum atomic E-state index is -1.29. The van der Waals surface area contributed by atoms with Crippen molar-refractivity contribution in [3.8, 4) is 0 Å². The lowest BCUT2D eigenvalue weighted by Gasteiger charge is -2.27. The molecule has 6 nitrogen and oxygen atoms in total. The molecule has 0 aliphatic carbocycles. The number of carbonyl (C=O) groups is 1. The lowest BCUT2D eigenvalue weighted by Crippen LogP contribution is -2.53. The fraction of sp³-hybridized carbons (Fsp3) is 0.894. The highest BCUT2D eigenvalue weighted by Gasteiger charge is 2.28. The molecule has 426 valence electrons. The number of nitrogens with one attached hydrogen (secondary N) is 1. The number of amides is 1. The Kier molecular flexibility index (Phi) is 59.2. The van der Waals surface area contributed by atoms with Crippen LogP contribution in [0.3, 0.4) is 0 Å². The van der Waals surface area contributed by atoms with Crippen molar-refractivity contribution in [2.75, 3.05) is 6.61 Å². The van der Waals surface area contributed by atoms with Crippen molar-refractivity contribution in [2.45, 2.75) is 372 Å². The first kappa shape index (κ1) is 70.5. The SMILES string of the molecule is CCCCCCCCCCCCCCC/C=C/CC/C=C/CC/C=C/CCCC(O)C(O)C(CO)NC(=O)C(O)CCCCCCCCCCCCCCCCCCCCCCCCCCCCCCCC. The third-order valence-corrected chi connectivity index (χ3v) is 15.3. The molecule has 4 unspecified atom stereocenters. The second-order valence-corrected chi connectivity index (χ2v) is 22.4. The fourth-order valence-electron chi connectivity index (χ4n) is 10.3. The summed E-state index contributed by atoms with van der Waals surface area (Å²) in [5.74, 6) is -0.593. The zero-order chi connectivity index (χ0) is 52.3. The molecule has 0 heterocycles. The van der Waals surface area contributed by atoms with Crippen LogP contribution in [0.15, 0.2) is 36.5 Å². The summed E-state index contributed by atoms with van der Waals surface area (Å²) >= 11 is 0. The molecule has 72 heavy (non-hydrogen) atoms. The monoisotopic (exact) mass is 1010 g/mol. The predicted octanol–water partition coefficient (Wildman–Crippen LogP) is 19.5. The van der Waals surface area contributed by atoms with Gasteiger partial charge in [0.2, 0.25) is 5.91 Å². The van der Waals surface area contributed by atoms with E-state index < -0.39 is 36.9 Å². The van der Waals surface area contributed by atoms with Crippen molar-refractivity contribution >= 4 is 5.91 Å². The van der Waals surface area contributed by atoms with Crippen LogP contribution in [0.1, 0.15) is 348 Å². The average molecular weight is 1010 g/mol. The predicted molar refractivity (Wildman–Crippen MR) is 316 cm³/mol. The Hall–Kier alpha value is -1.47. The van der Waals surface area contributed by atoms with Crippen LogP contribution in [0.25, 0.3) is 0 Å². The molecule has 5 N–H and O–H groups in total. The van der Waals surface area contributed by atoms with Crippen LogP contribution in [0.2, 0.25) is 0 Å². The largest absolute Gasteiger partial charge is 0.394 e. The van der Waals surface area contributed by atoms with Gasteiger partial charge in [0.1, 0.15) is 12.2 Å². The van der Waals surface area contributed by atoms with Gasteiger partial charge in [-0.2, -0.15) is 0 Å². The van der Waals surface area contributed by atoms with E-state index in [1.54, 1.807) is 0 Å². The molecule has 4 atom stereocenters. The van der Waals surface area contributed by atoms with E-state index in [-0.39, 0.29) is 0 Å². The van der Waals surface area contributed by atoms with Crippen molar-refractivity contribution in [1.82, 2.24) is 5.32 Å². The second-order valence-electron chi connectivity index (χ2n) is 22.4. The summed E-state index contributed by atoms with van der Waals surface area (Å²) < 4.78 is 0. The third kappa shape index (κ3) is 53.4. The molecule has 0 fully saturated rings. The van der Waals surface area contributed by atoms with Crippen LogP contribution in [-0.4, -0.2) is 57.3 Å². The second kappa shape index (κ2) is 60.4. The van der Waals surface area contributed by atoms with Crippen LogP contribution in [-0.2, 0) is 4.79 Å². The van der Waals surface area contributed by atoms with Crippen molar-refractivity contribution in [3.63, 3.8) is 0 Å². The molecule has 0 saturated heterocycles. The summed E-state index contributed by atoms with van der Waals surface area (Å²) in [6, 6.07) is -1.01. The molecule has 0 radical (unpaired) electrons. The van der Waals surface area contributed by atoms with Gasteiger partial charge in [-0.05, 0) is 64.2 Å². The summed E-state index contributed by atoms with van der Waals surface area (Å²) in [6.45, 7) is 4.08. The average Bonchev–Trinajstić information content (AvgIpc) is 3.39. The zero-order valence-corrected chi connectivity index (χ0v) is 48.4. The molecular formula is C66H127NO5. The van der Waals surface area contributed by atoms with E-state index >= 15 is 0 Å². The number of rotatable bonds is 60. The van der Waals surface area contributed by atoms with E-state index in [2.05, 4.69) is 55.6 Å². The lowest BCUT2D eigenvalue weighted by molar-refractivity contribution is -0.132. The Bertz CT molecular complexity index is 1140. The molecule has 6 heteroatoms. The maximum absolute atomic E-state index is 12.6. The number of carbonyl (C=O) groups excluding carboxylic acids is 1. The first-order chi connectivity index (χ1) is 35.5. The topological polar surface area (TPSA) is 110 Å². The molecule has 0 aromatic heterocycles. The molecule has 1 amide bonds. The van der Waals surface area contributed by atoms with Crippen molar-refractivity contribution in [1.29, 1.82) is 0 Å². The number of hydrogen-bond donors (Lipinski definition) is 5. The summed E-state index contributed by atoms with van der Waals surface area (Å²) in [6.07, 6.45) is 76.8. The summed E-state index contributed by atoms with van der Waals surface area (Å²) in [7, 11) is 0. The molecule has 0 saturated carbocycles. The summed E-state index contributed by atoms with van der Waals surface area (Å²) in [5, 5.41) is 44.1. The van der Waals surface area contributed by atoms with Gasteiger partial charge in [-0.1, -0.05) is 320 Å². The molecular weight excluding hydrogens is 887 g/mol. The van der Waals surface area contributed by atoms with Crippen molar-refractivity contribution < 1.29 is 25.2 Å². The molecule has 0 aliphatic heterocycles. The van der Waals surface area contributed by atoms with E-state index in [1.807, 2.05) is 0 Å². The first-order valence-corrected chi connectivity index (χ1v) is 32.4. The Balaban J connectivity index is 3.62. The number of allylic oxidation sites excluding steroid dienone is 6. The molecule has 0 bridgehead atoms. The zero-order valence-electron chi connectivity index (χ0n) is 48.4. The maximum atomic E-state index is 12.6. The normalized spacial score (nSPS) is 13.8. The van der Waals surface area contributed by atoms with Gasteiger partial charge in [0.05, 0.1) is 18.8 Å². The number of hydrogen-bond acceptors (Lipinski definition) is 5. The van der Waals surface area contributed by atoms with Crippen LogP contribution < -0.4 is 5.32 Å². The molecule has 0 aromatic carbocycles.